The third-order valence-corrected chi connectivity index (χ3v) is 6.34. The first kappa shape index (κ1) is 19.2. The molecular weight excluding hydrogens is 350 g/mol. The van der Waals surface area contributed by atoms with Crippen molar-refractivity contribution in [2.45, 2.75) is 32.0 Å². The second kappa shape index (κ2) is 8.05. The molecule has 0 aliphatic carbocycles. The molecule has 1 aromatic heterocycles. The van der Waals surface area contributed by atoms with Gasteiger partial charge >= 0.3 is 0 Å². The predicted octanol–water partition coefficient (Wildman–Crippen LogP) is 2.05. The van der Waals surface area contributed by atoms with E-state index in [1.807, 2.05) is 36.1 Å². The Morgan fingerprint density at radius 3 is 2.68 bits per heavy atom. The third-order valence-electron chi connectivity index (χ3n) is 6.34. The van der Waals surface area contributed by atoms with E-state index in [0.29, 0.717) is 18.4 Å². The molecule has 2 saturated heterocycles. The van der Waals surface area contributed by atoms with Crippen LogP contribution in [-0.2, 0) is 18.4 Å². The molecule has 0 radical (unpaired) electrons. The number of benzene rings is 1. The Bertz CT molecular complexity index is 804. The van der Waals surface area contributed by atoms with Crippen LogP contribution in [-0.4, -0.2) is 58.2 Å². The topological polar surface area (TPSA) is 53.4 Å². The lowest BCUT2D eigenvalue weighted by Gasteiger charge is -2.26. The molecule has 1 aromatic carbocycles. The highest BCUT2D eigenvalue weighted by Crippen LogP contribution is 2.36. The molecular formula is C22H31N5O. The minimum atomic E-state index is 0.117. The first-order chi connectivity index (χ1) is 13.5. The number of aryl methyl sites for hydroxylation is 1. The highest BCUT2D eigenvalue weighted by atomic mass is 16.2. The number of rotatable bonds is 6. The van der Waals surface area contributed by atoms with Gasteiger partial charge in [0.05, 0.1) is 12.2 Å². The molecule has 2 fully saturated rings. The number of hydrogen-bond donors (Lipinski definition) is 1. The highest BCUT2D eigenvalue weighted by Gasteiger charge is 2.40. The molecule has 2 aromatic rings. The molecule has 2 aliphatic heterocycles. The van der Waals surface area contributed by atoms with Gasteiger partial charge in [-0.15, -0.1) is 0 Å². The van der Waals surface area contributed by atoms with Crippen molar-refractivity contribution in [2.75, 3.05) is 26.7 Å². The van der Waals surface area contributed by atoms with E-state index in [0.717, 1.165) is 31.7 Å². The van der Waals surface area contributed by atoms with Crippen LogP contribution in [0.3, 0.4) is 0 Å². The normalized spacial score (nSPS) is 28.4. The van der Waals surface area contributed by atoms with Gasteiger partial charge in [0.1, 0.15) is 0 Å². The molecule has 6 heteroatoms. The Hall–Kier alpha value is -2.18. The second-order valence-corrected chi connectivity index (χ2v) is 8.53. The number of carbonyl (C=O) groups excluding carboxylic acids is 1. The van der Waals surface area contributed by atoms with Crippen molar-refractivity contribution < 1.29 is 4.79 Å². The standard InChI is InChI=1S/C22H31N5O/c1-16-12-27(13-17-7-5-4-6-8-17)15-20(16)23-10-18-9-21(28)26(3)22(18)19-11-24-25(2)14-19/h4-8,11,14,16,18,20,22-23H,9-10,12-13,15H2,1-3H3/t16?,18-,20?,22+/m0/s1. The third kappa shape index (κ3) is 3.98. The van der Waals surface area contributed by atoms with Crippen molar-refractivity contribution in [2.24, 2.45) is 18.9 Å². The summed E-state index contributed by atoms with van der Waals surface area (Å²) in [6, 6.07) is 11.3. The Morgan fingerprint density at radius 2 is 1.96 bits per heavy atom. The molecule has 0 bridgehead atoms. The maximum atomic E-state index is 12.4. The monoisotopic (exact) mass is 381 g/mol. The van der Waals surface area contributed by atoms with Crippen LogP contribution in [0, 0.1) is 11.8 Å². The van der Waals surface area contributed by atoms with Gasteiger partial charge in [-0.1, -0.05) is 37.3 Å². The maximum Gasteiger partial charge on any atom is 0.223 e. The highest BCUT2D eigenvalue weighted by molar-refractivity contribution is 5.79. The van der Waals surface area contributed by atoms with Gasteiger partial charge in [-0.2, -0.15) is 5.10 Å². The lowest BCUT2D eigenvalue weighted by atomic mass is 9.95. The number of likely N-dealkylation sites (tertiary alicyclic amines) is 2. The van der Waals surface area contributed by atoms with E-state index in [1.165, 1.54) is 5.56 Å². The average Bonchev–Trinajstić information content (AvgIpc) is 3.33. The van der Waals surface area contributed by atoms with Crippen LogP contribution in [0.15, 0.2) is 42.7 Å². The van der Waals surface area contributed by atoms with E-state index in [4.69, 9.17) is 0 Å². The van der Waals surface area contributed by atoms with Gasteiger partial charge in [-0.25, -0.2) is 0 Å². The average molecular weight is 382 g/mol. The second-order valence-electron chi connectivity index (χ2n) is 8.53. The number of amides is 1. The minimum absolute atomic E-state index is 0.117. The molecule has 0 saturated carbocycles. The van der Waals surface area contributed by atoms with Gasteiger partial charge in [-0.3, -0.25) is 14.4 Å². The maximum absolute atomic E-state index is 12.4. The lowest BCUT2D eigenvalue weighted by molar-refractivity contribution is -0.127. The summed E-state index contributed by atoms with van der Waals surface area (Å²) >= 11 is 0. The molecule has 4 rings (SSSR count). The first-order valence-corrected chi connectivity index (χ1v) is 10.2. The fourth-order valence-electron chi connectivity index (χ4n) is 4.83. The van der Waals surface area contributed by atoms with Gasteiger partial charge < -0.3 is 10.2 Å². The molecule has 28 heavy (non-hydrogen) atoms. The van der Waals surface area contributed by atoms with Crippen LogP contribution in [0.1, 0.15) is 30.5 Å². The zero-order valence-electron chi connectivity index (χ0n) is 17.1. The Kier molecular flexibility index (Phi) is 5.51. The summed E-state index contributed by atoms with van der Waals surface area (Å²) in [5.41, 5.74) is 2.50. The van der Waals surface area contributed by atoms with Gasteiger partial charge in [0.25, 0.3) is 0 Å². The van der Waals surface area contributed by atoms with Crippen molar-refractivity contribution in [1.82, 2.24) is 24.9 Å². The van der Waals surface area contributed by atoms with Gasteiger partial charge in [-0.05, 0) is 11.5 Å². The van der Waals surface area contributed by atoms with E-state index < -0.39 is 0 Å². The van der Waals surface area contributed by atoms with E-state index in [2.05, 4.69) is 52.6 Å². The molecule has 0 spiro atoms. The number of hydrogen-bond acceptors (Lipinski definition) is 4. The van der Waals surface area contributed by atoms with Crippen molar-refractivity contribution in [1.29, 1.82) is 0 Å². The molecule has 1 amide bonds. The van der Waals surface area contributed by atoms with Gasteiger partial charge in [0, 0.05) is 70.4 Å². The summed E-state index contributed by atoms with van der Waals surface area (Å²) in [5, 5.41) is 8.10. The molecule has 2 aliphatic rings. The van der Waals surface area contributed by atoms with Crippen LogP contribution in [0.2, 0.25) is 0 Å². The minimum Gasteiger partial charge on any atom is -0.338 e. The Morgan fingerprint density at radius 1 is 1.18 bits per heavy atom. The summed E-state index contributed by atoms with van der Waals surface area (Å²) in [6.45, 7) is 6.37. The van der Waals surface area contributed by atoms with E-state index in [9.17, 15) is 4.79 Å². The number of aromatic nitrogens is 2. The smallest absolute Gasteiger partial charge is 0.223 e. The quantitative estimate of drug-likeness (QED) is 0.832. The number of nitrogens with one attached hydrogen (secondary N) is 1. The summed E-state index contributed by atoms with van der Waals surface area (Å²) in [7, 11) is 3.84. The summed E-state index contributed by atoms with van der Waals surface area (Å²) in [4.78, 5) is 16.8. The van der Waals surface area contributed by atoms with Crippen LogP contribution in [0.4, 0.5) is 0 Å². The SMILES string of the molecule is CC1CN(Cc2ccccc2)CC1NC[C@@H]1CC(=O)N(C)[C@H]1c1cnn(C)c1. The first-order valence-electron chi connectivity index (χ1n) is 10.2. The Balaban J connectivity index is 1.36. The summed E-state index contributed by atoms with van der Waals surface area (Å²) in [5.74, 6) is 1.12. The van der Waals surface area contributed by atoms with Gasteiger partial charge in [0.2, 0.25) is 5.91 Å². The predicted molar refractivity (Wildman–Crippen MR) is 109 cm³/mol. The molecule has 2 unspecified atom stereocenters. The molecule has 4 atom stereocenters. The summed E-state index contributed by atoms with van der Waals surface area (Å²) in [6.07, 6.45) is 4.54. The van der Waals surface area contributed by atoms with Crippen molar-refractivity contribution in [3.63, 3.8) is 0 Å². The van der Waals surface area contributed by atoms with Crippen molar-refractivity contribution >= 4 is 5.91 Å². The van der Waals surface area contributed by atoms with E-state index in [-0.39, 0.29) is 17.9 Å². The van der Waals surface area contributed by atoms with Crippen molar-refractivity contribution in [3.05, 3.63) is 53.9 Å². The Labute approximate surface area is 167 Å². The fourth-order valence-corrected chi connectivity index (χ4v) is 4.83. The van der Waals surface area contributed by atoms with Crippen LogP contribution in [0.5, 0.6) is 0 Å². The van der Waals surface area contributed by atoms with E-state index in [1.54, 1.807) is 0 Å². The lowest BCUT2D eigenvalue weighted by Crippen LogP contribution is -2.39. The van der Waals surface area contributed by atoms with Crippen LogP contribution >= 0.6 is 0 Å². The van der Waals surface area contributed by atoms with Gasteiger partial charge in [0.15, 0.2) is 0 Å². The molecule has 3 heterocycles. The number of carbonyl (C=O) groups is 1. The molecule has 6 nitrogen and oxygen atoms in total. The summed E-state index contributed by atoms with van der Waals surface area (Å²) < 4.78 is 1.82. The molecule has 1 N–H and O–H groups in total. The molecule has 150 valence electrons. The number of nitrogens with zero attached hydrogens (tertiary/aromatic N) is 4. The largest absolute Gasteiger partial charge is 0.338 e. The zero-order valence-corrected chi connectivity index (χ0v) is 17.1. The fraction of sp³-hybridized carbons (Fsp3) is 0.545. The van der Waals surface area contributed by atoms with Crippen LogP contribution in [0.25, 0.3) is 0 Å². The van der Waals surface area contributed by atoms with Crippen LogP contribution < -0.4 is 5.32 Å². The van der Waals surface area contributed by atoms with E-state index >= 15 is 0 Å². The van der Waals surface area contributed by atoms with Crippen molar-refractivity contribution in [3.8, 4) is 0 Å². The zero-order chi connectivity index (χ0) is 19.7.